The fourth-order valence-electron chi connectivity index (χ4n) is 4.34. The molecule has 0 N–H and O–H groups in total. The van der Waals surface area contributed by atoms with Crippen LogP contribution < -0.4 is 10.3 Å². The summed E-state index contributed by atoms with van der Waals surface area (Å²) in [6, 6.07) is 24.4. The fraction of sp³-hybridized carbons (Fsp3) is 0.148. The van der Waals surface area contributed by atoms with Crippen molar-refractivity contribution in [3.63, 3.8) is 0 Å². The third-order valence-corrected chi connectivity index (χ3v) is 5.91. The molecule has 1 aliphatic rings. The Kier molecular flexibility index (Phi) is 5.15. The average Bonchev–Trinajstić information content (AvgIpc) is 3.22. The summed E-state index contributed by atoms with van der Waals surface area (Å²) in [6.45, 7) is 2.29. The van der Waals surface area contributed by atoms with Crippen LogP contribution in [0.25, 0.3) is 0 Å². The lowest BCUT2D eigenvalue weighted by Crippen LogP contribution is -2.32. The van der Waals surface area contributed by atoms with Crippen molar-refractivity contribution in [2.24, 2.45) is 0 Å². The number of carbonyl (C=O) groups is 1. The van der Waals surface area contributed by atoms with Crippen LogP contribution in [-0.4, -0.2) is 21.4 Å². The molecule has 0 unspecified atom stereocenters. The van der Waals surface area contributed by atoms with Crippen LogP contribution in [-0.2, 0) is 6.54 Å². The second kappa shape index (κ2) is 8.27. The monoisotopic (exact) mass is 422 g/mol. The van der Waals surface area contributed by atoms with E-state index in [1.165, 1.54) is 0 Å². The highest BCUT2D eigenvalue weighted by atomic mass is 16.5. The molecule has 32 heavy (non-hydrogen) atoms. The van der Waals surface area contributed by atoms with Gasteiger partial charge in [-0.1, -0.05) is 66.7 Å². The van der Waals surface area contributed by atoms with Crippen molar-refractivity contribution in [2.75, 3.05) is 0 Å². The molecule has 2 aromatic heterocycles. The Morgan fingerprint density at radius 1 is 1.00 bits per heavy atom. The van der Waals surface area contributed by atoms with Crippen molar-refractivity contribution in [3.05, 3.63) is 130 Å². The first-order valence-corrected chi connectivity index (χ1v) is 10.6. The van der Waals surface area contributed by atoms with Crippen LogP contribution in [0.15, 0.2) is 96.1 Å². The third kappa shape index (κ3) is 3.52. The first-order valence-electron chi connectivity index (χ1n) is 10.6. The second-order valence-corrected chi connectivity index (χ2v) is 7.97. The Hall–Kier alpha value is -3.99. The molecular formula is C27H22N2O3. The average molecular weight is 422 g/mol. The lowest BCUT2D eigenvalue weighted by Gasteiger charge is -2.18. The molecule has 0 fully saturated rings. The molecule has 0 saturated heterocycles. The summed E-state index contributed by atoms with van der Waals surface area (Å²) in [5.41, 5.74) is 3.55. The lowest BCUT2D eigenvalue weighted by atomic mass is 9.85. The highest BCUT2D eigenvalue weighted by Crippen LogP contribution is 2.42. The Morgan fingerprint density at radius 2 is 1.72 bits per heavy atom. The van der Waals surface area contributed by atoms with E-state index in [9.17, 15) is 9.59 Å². The highest BCUT2D eigenvalue weighted by Gasteiger charge is 2.43. The minimum Gasteiger partial charge on any atom is -0.481 e. The van der Waals surface area contributed by atoms with Gasteiger partial charge in [0.1, 0.15) is 5.75 Å². The zero-order valence-corrected chi connectivity index (χ0v) is 17.6. The SMILES string of the molecule is Cc1cc2c(c(=O)n1Cc1cccnc1)[C@@H](c1ccccc1)[C@H](C(=O)c1ccccc1)O2. The quantitative estimate of drug-likeness (QED) is 0.448. The van der Waals surface area contributed by atoms with Gasteiger partial charge in [0.05, 0.1) is 18.0 Å². The zero-order chi connectivity index (χ0) is 22.1. The standard InChI is InChI=1S/C27H22N2O3/c1-18-15-22-24(27(31)29(18)17-19-9-8-14-28-16-19)23(20-10-4-2-5-11-20)26(32-22)25(30)21-12-6-3-7-13-21/h2-16,23,26H,17H2,1H3/t23-,26-/m1/s1. The van der Waals surface area contributed by atoms with E-state index in [1.807, 2.05) is 73.7 Å². The summed E-state index contributed by atoms with van der Waals surface area (Å²) in [5, 5.41) is 0. The van der Waals surface area contributed by atoms with Gasteiger partial charge in [-0.25, -0.2) is 0 Å². The summed E-state index contributed by atoms with van der Waals surface area (Å²) in [4.78, 5) is 31.3. The number of fused-ring (bicyclic) bond motifs is 1. The highest BCUT2D eigenvalue weighted by molar-refractivity contribution is 6.01. The predicted octanol–water partition coefficient (Wildman–Crippen LogP) is 4.38. The van der Waals surface area contributed by atoms with Crippen LogP contribution in [0, 0.1) is 6.92 Å². The molecule has 2 atom stereocenters. The number of hydrogen-bond donors (Lipinski definition) is 0. The smallest absolute Gasteiger partial charge is 0.258 e. The molecule has 0 aliphatic carbocycles. The Balaban J connectivity index is 1.64. The first kappa shape index (κ1) is 19.9. The first-order chi connectivity index (χ1) is 15.6. The molecule has 2 aromatic carbocycles. The number of benzene rings is 2. The molecule has 0 saturated carbocycles. The van der Waals surface area contributed by atoms with Gasteiger partial charge in [0.2, 0.25) is 5.78 Å². The van der Waals surface area contributed by atoms with E-state index in [2.05, 4.69) is 4.98 Å². The molecule has 5 rings (SSSR count). The van der Waals surface area contributed by atoms with Crippen LogP contribution >= 0.6 is 0 Å². The number of ketones is 1. The maximum atomic E-state index is 13.7. The molecule has 0 amide bonds. The number of Topliss-reactive ketones (excluding diaryl/α,β-unsaturated/α-hetero) is 1. The predicted molar refractivity (Wildman–Crippen MR) is 122 cm³/mol. The van der Waals surface area contributed by atoms with Gasteiger partial charge in [-0.2, -0.15) is 0 Å². The van der Waals surface area contributed by atoms with Gasteiger partial charge in [0, 0.05) is 29.7 Å². The minimum atomic E-state index is -0.795. The van der Waals surface area contributed by atoms with Crippen LogP contribution in [0.4, 0.5) is 0 Å². The fourth-order valence-corrected chi connectivity index (χ4v) is 4.34. The molecule has 1 aliphatic heterocycles. The van der Waals surface area contributed by atoms with Gasteiger partial charge in [-0.3, -0.25) is 14.6 Å². The van der Waals surface area contributed by atoms with E-state index in [-0.39, 0.29) is 11.3 Å². The Morgan fingerprint density at radius 3 is 2.41 bits per heavy atom. The number of carbonyl (C=O) groups excluding carboxylic acids is 1. The second-order valence-electron chi connectivity index (χ2n) is 7.97. The number of aromatic nitrogens is 2. The largest absolute Gasteiger partial charge is 0.481 e. The Bertz CT molecular complexity index is 1320. The number of aryl methyl sites for hydroxylation is 1. The number of nitrogens with zero attached hydrogens (tertiary/aromatic N) is 2. The number of rotatable bonds is 5. The normalized spacial score (nSPS) is 16.9. The van der Waals surface area contributed by atoms with Crippen molar-refractivity contribution in [1.82, 2.24) is 9.55 Å². The van der Waals surface area contributed by atoms with Crippen molar-refractivity contribution in [2.45, 2.75) is 25.5 Å². The van der Waals surface area contributed by atoms with Gasteiger partial charge in [0.15, 0.2) is 6.10 Å². The summed E-state index contributed by atoms with van der Waals surface area (Å²) in [7, 11) is 0. The third-order valence-electron chi connectivity index (χ3n) is 5.91. The van der Waals surface area contributed by atoms with E-state index in [1.54, 1.807) is 29.1 Å². The van der Waals surface area contributed by atoms with E-state index in [0.29, 0.717) is 23.4 Å². The van der Waals surface area contributed by atoms with Crippen molar-refractivity contribution in [1.29, 1.82) is 0 Å². The topological polar surface area (TPSA) is 61.2 Å². The van der Waals surface area contributed by atoms with Gasteiger partial charge < -0.3 is 9.30 Å². The van der Waals surface area contributed by atoms with E-state index in [4.69, 9.17) is 4.74 Å². The maximum absolute atomic E-state index is 13.7. The summed E-state index contributed by atoms with van der Waals surface area (Å²) in [6.07, 6.45) is 2.67. The molecule has 0 radical (unpaired) electrons. The number of ether oxygens (including phenoxy) is 1. The van der Waals surface area contributed by atoms with Crippen molar-refractivity contribution in [3.8, 4) is 5.75 Å². The molecule has 158 valence electrons. The van der Waals surface area contributed by atoms with Crippen LogP contribution in [0.3, 0.4) is 0 Å². The molecular weight excluding hydrogens is 400 g/mol. The molecule has 0 spiro atoms. The maximum Gasteiger partial charge on any atom is 0.258 e. The van der Waals surface area contributed by atoms with E-state index >= 15 is 0 Å². The molecule has 4 aromatic rings. The van der Waals surface area contributed by atoms with Crippen LogP contribution in [0.2, 0.25) is 0 Å². The number of pyridine rings is 2. The summed E-state index contributed by atoms with van der Waals surface area (Å²) >= 11 is 0. The van der Waals surface area contributed by atoms with Gasteiger partial charge in [0.25, 0.3) is 5.56 Å². The summed E-state index contributed by atoms with van der Waals surface area (Å²) in [5.74, 6) is -0.128. The van der Waals surface area contributed by atoms with E-state index in [0.717, 1.165) is 16.8 Å². The Labute approximate surface area is 186 Å². The minimum absolute atomic E-state index is 0.133. The van der Waals surface area contributed by atoms with Gasteiger partial charge >= 0.3 is 0 Å². The molecule has 0 bridgehead atoms. The lowest BCUT2D eigenvalue weighted by molar-refractivity contribution is 0.0806. The van der Waals surface area contributed by atoms with E-state index < -0.39 is 12.0 Å². The zero-order valence-electron chi connectivity index (χ0n) is 17.6. The number of hydrogen-bond acceptors (Lipinski definition) is 4. The molecule has 3 heterocycles. The van der Waals surface area contributed by atoms with Crippen molar-refractivity contribution < 1.29 is 9.53 Å². The summed E-state index contributed by atoms with van der Waals surface area (Å²) < 4.78 is 7.91. The molecule has 5 nitrogen and oxygen atoms in total. The van der Waals surface area contributed by atoms with Gasteiger partial charge in [-0.15, -0.1) is 0 Å². The molecule has 5 heteroatoms. The van der Waals surface area contributed by atoms with Crippen molar-refractivity contribution >= 4 is 5.78 Å². The van der Waals surface area contributed by atoms with Crippen LogP contribution in [0.1, 0.15) is 38.7 Å². The van der Waals surface area contributed by atoms with Gasteiger partial charge in [-0.05, 0) is 24.1 Å². The van der Waals surface area contributed by atoms with Crippen LogP contribution in [0.5, 0.6) is 5.75 Å².